The number of hydrogen-bond donors (Lipinski definition) is 10. The zero-order chi connectivity index (χ0) is 53.0. The third-order valence-corrected chi connectivity index (χ3v) is 12.0. The van der Waals surface area contributed by atoms with Crippen molar-refractivity contribution in [3.63, 3.8) is 0 Å². The zero-order valence-corrected chi connectivity index (χ0v) is 40.4. The highest BCUT2D eigenvalue weighted by molar-refractivity contribution is 6.13. The Bertz CT molecular complexity index is 3150. The van der Waals surface area contributed by atoms with Crippen molar-refractivity contribution in [1.82, 2.24) is 25.6 Å². The predicted octanol–water partition coefficient (Wildman–Crippen LogP) is 6.77. The molecule has 21 heteroatoms. The zero-order valence-electron chi connectivity index (χ0n) is 40.4. The van der Waals surface area contributed by atoms with Gasteiger partial charge in [0, 0.05) is 22.7 Å². The van der Waals surface area contributed by atoms with E-state index in [9.17, 15) is 38.4 Å². The third kappa shape index (κ3) is 13.0. The number of aromatic nitrogens is 3. The number of nitrogens with one attached hydrogen (secondary N) is 10. The summed E-state index contributed by atoms with van der Waals surface area (Å²) < 4.78 is 0. The molecule has 10 N–H and O–H groups in total. The van der Waals surface area contributed by atoms with Gasteiger partial charge in [0.15, 0.2) is 0 Å². The van der Waals surface area contributed by atoms with Crippen LogP contribution in [0.2, 0.25) is 0 Å². The first-order chi connectivity index (χ1) is 36.9. The Morgan fingerprint density at radius 1 is 0.329 bits per heavy atom. The van der Waals surface area contributed by atoms with Crippen LogP contribution in [-0.2, 0) is 9.59 Å². The quantitative estimate of drug-likeness (QED) is 0.0479. The van der Waals surface area contributed by atoms with Crippen LogP contribution in [-0.4, -0.2) is 87.4 Å². The molecule has 2 fully saturated rings. The minimum Gasteiger partial charge on any atom is -0.323 e. The number of hydrogen-bond acceptors (Lipinski definition) is 13. The first kappa shape index (κ1) is 50.9. The molecule has 2 aliphatic rings. The molecule has 0 unspecified atom stereocenters. The van der Waals surface area contributed by atoms with Gasteiger partial charge in [0.25, 0.3) is 35.4 Å². The Morgan fingerprint density at radius 2 is 0.632 bits per heavy atom. The van der Waals surface area contributed by atoms with Gasteiger partial charge in [-0.2, -0.15) is 0 Å². The molecular formula is C55H49N13O8. The Kier molecular flexibility index (Phi) is 15.9. The molecule has 0 saturated carbocycles. The molecule has 76 heavy (non-hydrogen) atoms. The Hall–Kier alpha value is -9.99. The van der Waals surface area contributed by atoms with Gasteiger partial charge in [0.2, 0.25) is 11.8 Å². The van der Waals surface area contributed by atoms with Crippen LogP contribution in [0.5, 0.6) is 0 Å². The third-order valence-electron chi connectivity index (χ3n) is 12.0. The Balaban J connectivity index is 0.946. The highest BCUT2D eigenvalue weighted by Gasteiger charge is 2.26. The summed E-state index contributed by atoms with van der Waals surface area (Å²) >= 11 is 0. The van der Waals surface area contributed by atoms with E-state index in [0.29, 0.717) is 48.7 Å². The molecule has 3 aromatic heterocycles. The molecule has 7 aromatic rings. The van der Waals surface area contributed by atoms with Crippen molar-refractivity contribution in [2.75, 3.05) is 55.6 Å². The van der Waals surface area contributed by atoms with Crippen molar-refractivity contribution in [3.8, 4) is 0 Å². The maximum Gasteiger partial charge on any atom is 0.274 e. The molecule has 21 nitrogen and oxygen atoms in total. The molecule has 0 bridgehead atoms. The molecule has 0 aliphatic carbocycles. The summed E-state index contributed by atoms with van der Waals surface area (Å²) in [5.41, 5.74) is 0.452. The fraction of sp³-hybridized carbons (Fsp3) is 0.145. The lowest BCUT2D eigenvalue weighted by Crippen LogP contribution is -2.35. The van der Waals surface area contributed by atoms with Crippen molar-refractivity contribution in [3.05, 3.63) is 186 Å². The van der Waals surface area contributed by atoms with E-state index >= 15 is 0 Å². The standard InChI is InChI=1S/C55H49N13O8/c69-48(40-24-12-26-56-40)65-36-18-7-9-20-38(36)67-54(75)46-30-34(28-44(63-46)52(73)58-32-14-3-1-4-15-32)60-50(71)42-22-11-23-43(62-42)51(72)61-35-29-45(53(74)59-33-16-5-2-6-17-33)64-47(31-35)55(76)68-39-21-10-8-19-37(39)66-49(70)41-25-13-27-57-41/h1-11,14-23,28-31,40-41,56-57H,12-13,24-27H2,(H,58,73)(H,59,74)(H,65,69)(H,66,70)(H,67,75)(H,68,76)(H,60,63,71)(H,61,64,72)/t40-,41-/m0/s1. The molecule has 2 atom stereocenters. The molecule has 382 valence electrons. The van der Waals surface area contributed by atoms with Crippen LogP contribution in [0, 0.1) is 0 Å². The molecule has 8 amide bonds. The normalized spacial score (nSPS) is 14.6. The molecule has 2 saturated heterocycles. The number of benzene rings is 4. The van der Waals surface area contributed by atoms with Crippen LogP contribution in [0.1, 0.15) is 88.6 Å². The van der Waals surface area contributed by atoms with E-state index in [1.165, 1.54) is 42.5 Å². The largest absolute Gasteiger partial charge is 0.323 e. The lowest BCUT2D eigenvalue weighted by Gasteiger charge is -2.16. The average molecular weight is 1020 g/mol. The number of carbonyl (C=O) groups is 8. The van der Waals surface area contributed by atoms with Crippen LogP contribution in [0.15, 0.2) is 152 Å². The summed E-state index contributed by atoms with van der Waals surface area (Å²) in [6.07, 6.45) is 3.02. The number of nitrogens with zero attached hydrogens (tertiary/aromatic N) is 3. The van der Waals surface area contributed by atoms with Crippen LogP contribution in [0.25, 0.3) is 0 Å². The van der Waals surface area contributed by atoms with E-state index in [4.69, 9.17) is 0 Å². The average Bonchev–Trinajstić information content (AvgIpc) is 4.20. The Labute approximate surface area is 434 Å². The van der Waals surface area contributed by atoms with Gasteiger partial charge in [0.05, 0.1) is 34.8 Å². The minimum absolute atomic E-state index is 0.0337. The monoisotopic (exact) mass is 1020 g/mol. The molecular weight excluding hydrogens is 971 g/mol. The van der Waals surface area contributed by atoms with Gasteiger partial charge in [0.1, 0.15) is 34.2 Å². The first-order valence-electron chi connectivity index (χ1n) is 24.2. The number of pyridine rings is 3. The van der Waals surface area contributed by atoms with Gasteiger partial charge in [-0.05, 0) is 124 Å². The van der Waals surface area contributed by atoms with Crippen LogP contribution >= 0.6 is 0 Å². The second-order valence-electron chi connectivity index (χ2n) is 17.5. The van der Waals surface area contributed by atoms with Gasteiger partial charge in [-0.3, -0.25) is 38.4 Å². The van der Waals surface area contributed by atoms with Crippen LogP contribution < -0.4 is 53.2 Å². The number of rotatable bonds is 16. The summed E-state index contributed by atoms with van der Waals surface area (Å²) in [6.45, 7) is 1.42. The number of para-hydroxylation sites is 6. The van der Waals surface area contributed by atoms with Crippen molar-refractivity contribution in [2.24, 2.45) is 0 Å². The number of amides is 8. The van der Waals surface area contributed by atoms with E-state index in [0.717, 1.165) is 12.8 Å². The summed E-state index contributed by atoms with van der Waals surface area (Å²) in [5.74, 6) is -5.15. The van der Waals surface area contributed by atoms with Crippen LogP contribution in [0.3, 0.4) is 0 Å². The van der Waals surface area contributed by atoms with Crippen molar-refractivity contribution < 1.29 is 38.4 Å². The maximum atomic E-state index is 13.9. The van der Waals surface area contributed by atoms with Gasteiger partial charge >= 0.3 is 0 Å². The molecule has 4 aromatic carbocycles. The lowest BCUT2D eigenvalue weighted by atomic mass is 10.2. The fourth-order valence-corrected chi connectivity index (χ4v) is 8.21. The highest BCUT2D eigenvalue weighted by atomic mass is 16.2. The summed E-state index contributed by atoms with van der Waals surface area (Å²) in [6, 6.07) is 38.5. The predicted molar refractivity (Wildman–Crippen MR) is 286 cm³/mol. The van der Waals surface area contributed by atoms with E-state index < -0.39 is 35.4 Å². The fourth-order valence-electron chi connectivity index (χ4n) is 8.21. The first-order valence-corrected chi connectivity index (χ1v) is 24.2. The lowest BCUT2D eigenvalue weighted by molar-refractivity contribution is -0.118. The second-order valence-corrected chi connectivity index (χ2v) is 17.5. The summed E-state index contributed by atoms with van der Waals surface area (Å²) in [5, 5.41) is 28.2. The second kappa shape index (κ2) is 23.7. The van der Waals surface area contributed by atoms with Gasteiger partial charge in [-0.25, -0.2) is 15.0 Å². The smallest absolute Gasteiger partial charge is 0.274 e. The molecule has 2 aliphatic heterocycles. The Morgan fingerprint density at radius 3 is 0.987 bits per heavy atom. The van der Waals surface area contributed by atoms with Gasteiger partial charge < -0.3 is 53.2 Å². The van der Waals surface area contributed by atoms with Crippen molar-refractivity contribution >= 4 is 92.8 Å². The summed E-state index contributed by atoms with van der Waals surface area (Å²) in [4.78, 5) is 122. The maximum absolute atomic E-state index is 13.9. The van der Waals surface area contributed by atoms with E-state index in [1.54, 1.807) is 109 Å². The van der Waals surface area contributed by atoms with E-state index in [1.807, 2.05) is 0 Å². The molecule has 5 heterocycles. The molecule has 9 rings (SSSR count). The number of anilines is 8. The highest BCUT2D eigenvalue weighted by Crippen LogP contribution is 2.26. The SMILES string of the molecule is O=C(Nc1cc(C(=O)Nc2ccccc2)nc(C(=O)Nc2ccccc2NC(=O)[C@@H]2CCCN2)c1)c1cccc(C(=O)Nc2cc(C(=O)Nc3ccccc3)nc(C(=O)Nc3ccccc3NC(=O)[C@@H]3CCCN3)c2)n1. The van der Waals surface area contributed by atoms with Crippen LogP contribution in [0.4, 0.5) is 45.5 Å². The van der Waals surface area contributed by atoms with Gasteiger partial charge in [-0.1, -0.05) is 66.7 Å². The van der Waals surface area contributed by atoms with E-state index in [2.05, 4.69) is 68.1 Å². The van der Waals surface area contributed by atoms with E-state index in [-0.39, 0.29) is 80.8 Å². The number of carbonyl (C=O) groups excluding carboxylic acids is 8. The van der Waals surface area contributed by atoms with Crippen molar-refractivity contribution in [1.29, 1.82) is 0 Å². The molecule has 0 spiro atoms. The minimum atomic E-state index is -0.839. The van der Waals surface area contributed by atoms with Gasteiger partial charge in [-0.15, -0.1) is 0 Å². The topological polar surface area (TPSA) is 296 Å². The van der Waals surface area contributed by atoms with Crippen molar-refractivity contribution in [2.45, 2.75) is 37.8 Å². The molecule has 0 radical (unpaired) electrons. The summed E-state index contributed by atoms with van der Waals surface area (Å²) in [7, 11) is 0.